The molecule has 166 valence electrons. The number of fused-ring (bicyclic) bond motifs is 1. The highest BCUT2D eigenvalue weighted by atomic mass is 32.2. The molecule has 0 fully saturated rings. The molecule has 3 aromatic carbocycles. The number of rotatable bonds is 7. The number of amides is 1. The van der Waals surface area contributed by atoms with Crippen LogP contribution in [0, 0.1) is 0 Å². The van der Waals surface area contributed by atoms with Crippen molar-refractivity contribution >= 4 is 38.2 Å². The predicted octanol–water partition coefficient (Wildman–Crippen LogP) is 5.18. The van der Waals surface area contributed by atoms with E-state index in [0.29, 0.717) is 16.6 Å². The number of carbonyl (C=O) groups excluding carboxylic acids is 1. The first-order chi connectivity index (χ1) is 15.9. The minimum Gasteiger partial charge on any atom is -0.493 e. The van der Waals surface area contributed by atoms with E-state index in [4.69, 9.17) is 0 Å². The Bertz CT molecular complexity index is 1440. The maximum Gasteiger partial charge on any atom is 0.295 e. The summed E-state index contributed by atoms with van der Waals surface area (Å²) in [5.41, 5.74) is 1.43. The lowest BCUT2D eigenvalue weighted by atomic mass is 10.2. The maximum atomic E-state index is 13.1. The van der Waals surface area contributed by atoms with E-state index in [1.807, 2.05) is 0 Å². The number of H-pyrrole nitrogens is 1. The number of carbonyl (C=O) groups is 1. The van der Waals surface area contributed by atoms with Gasteiger partial charge in [0.1, 0.15) is 0 Å². The molecule has 9 heteroatoms. The van der Waals surface area contributed by atoms with Gasteiger partial charge in [-0.05, 0) is 42.5 Å². The molecule has 8 nitrogen and oxygen atoms in total. The molecule has 1 aromatic heterocycles. The summed E-state index contributed by atoms with van der Waals surface area (Å²) in [6.45, 7) is 3.71. The van der Waals surface area contributed by atoms with E-state index in [1.54, 1.807) is 42.5 Å². The van der Waals surface area contributed by atoms with Gasteiger partial charge in [-0.2, -0.15) is 0 Å². The first kappa shape index (κ1) is 22.0. The smallest absolute Gasteiger partial charge is 0.295 e. The number of hydrogen-bond donors (Lipinski definition) is 2. The van der Waals surface area contributed by atoms with Crippen LogP contribution in [0.5, 0.6) is 5.88 Å². The van der Waals surface area contributed by atoms with Gasteiger partial charge in [0.05, 0.1) is 22.6 Å². The molecule has 0 saturated heterocycles. The molecule has 1 heterocycles. The summed E-state index contributed by atoms with van der Waals surface area (Å²) in [4.78, 5) is 15.4. The molecule has 0 saturated carbocycles. The van der Waals surface area contributed by atoms with Crippen molar-refractivity contribution in [1.82, 2.24) is 4.98 Å². The van der Waals surface area contributed by atoms with E-state index >= 15 is 0 Å². The standard InChI is InChI=1S/C24H20N4O4S/c1-2-16-28(33(31,32)19-8-4-3-5-9-19)18-14-12-17(13-15-18)23(29)27-26-22-20-10-6-7-11-21(20)25-24(22)30/h2-15,25,30H,1,16H2. The SMILES string of the molecule is C=CCN(c1ccc(C(=O)N=Nc2c(O)[nH]c3ccccc23)cc1)S(=O)(=O)c1ccccc1. The fourth-order valence-corrected chi connectivity index (χ4v) is 4.77. The molecule has 4 aromatic rings. The molecule has 0 radical (unpaired) electrons. The van der Waals surface area contributed by atoms with Gasteiger partial charge in [0.25, 0.3) is 15.9 Å². The molecule has 33 heavy (non-hydrogen) atoms. The summed E-state index contributed by atoms with van der Waals surface area (Å²) in [6, 6.07) is 21.2. The predicted molar refractivity (Wildman–Crippen MR) is 126 cm³/mol. The Labute approximate surface area is 190 Å². The number of aromatic amines is 1. The normalized spacial score (nSPS) is 11.6. The quantitative estimate of drug-likeness (QED) is 0.292. The fourth-order valence-electron chi connectivity index (χ4n) is 3.32. The fraction of sp³-hybridized carbons (Fsp3) is 0.0417. The third-order valence-corrected chi connectivity index (χ3v) is 6.74. The zero-order chi connectivity index (χ0) is 23.4. The van der Waals surface area contributed by atoms with Gasteiger partial charge < -0.3 is 10.1 Å². The van der Waals surface area contributed by atoms with Crippen molar-refractivity contribution < 1.29 is 18.3 Å². The van der Waals surface area contributed by atoms with Crippen molar-refractivity contribution in [3.63, 3.8) is 0 Å². The Morgan fingerprint density at radius 2 is 1.67 bits per heavy atom. The number of anilines is 1. The average Bonchev–Trinajstić information content (AvgIpc) is 3.16. The number of nitrogens with zero attached hydrogens (tertiary/aromatic N) is 3. The second-order valence-electron chi connectivity index (χ2n) is 7.06. The van der Waals surface area contributed by atoms with Gasteiger partial charge in [0.15, 0.2) is 5.69 Å². The number of hydrogen-bond acceptors (Lipinski definition) is 5. The number of aromatic nitrogens is 1. The zero-order valence-corrected chi connectivity index (χ0v) is 18.2. The number of nitrogens with one attached hydrogen (secondary N) is 1. The van der Waals surface area contributed by atoms with Crippen LogP contribution in [0.1, 0.15) is 10.4 Å². The Morgan fingerprint density at radius 1 is 1.00 bits per heavy atom. The Hall–Kier alpha value is -4.24. The van der Waals surface area contributed by atoms with Crippen molar-refractivity contribution in [3.05, 3.63) is 97.1 Å². The molecule has 0 spiro atoms. The number of aromatic hydroxyl groups is 1. The molecule has 1 amide bonds. The van der Waals surface area contributed by atoms with E-state index in [2.05, 4.69) is 21.8 Å². The van der Waals surface area contributed by atoms with Gasteiger partial charge in [0.2, 0.25) is 5.88 Å². The van der Waals surface area contributed by atoms with Crippen LogP contribution in [-0.4, -0.2) is 31.0 Å². The molecule has 0 aliphatic heterocycles. The van der Waals surface area contributed by atoms with Crippen molar-refractivity contribution in [3.8, 4) is 5.88 Å². The highest BCUT2D eigenvalue weighted by Crippen LogP contribution is 2.35. The first-order valence-electron chi connectivity index (χ1n) is 9.96. The highest BCUT2D eigenvalue weighted by Gasteiger charge is 2.24. The highest BCUT2D eigenvalue weighted by molar-refractivity contribution is 7.92. The third kappa shape index (κ3) is 4.39. The minimum absolute atomic E-state index is 0.0596. The number of para-hydroxylation sites is 1. The van der Waals surface area contributed by atoms with Gasteiger partial charge in [-0.3, -0.25) is 9.10 Å². The molecule has 0 atom stereocenters. The molecule has 4 rings (SSSR count). The van der Waals surface area contributed by atoms with Crippen LogP contribution in [0.3, 0.4) is 0 Å². The zero-order valence-electron chi connectivity index (χ0n) is 17.4. The van der Waals surface area contributed by atoms with Crippen LogP contribution in [0.15, 0.2) is 107 Å². The van der Waals surface area contributed by atoms with Crippen LogP contribution in [-0.2, 0) is 10.0 Å². The topological polar surface area (TPSA) is 115 Å². The van der Waals surface area contributed by atoms with E-state index in [0.717, 1.165) is 0 Å². The van der Waals surface area contributed by atoms with Gasteiger partial charge in [0, 0.05) is 10.9 Å². The lowest BCUT2D eigenvalue weighted by Crippen LogP contribution is -2.31. The van der Waals surface area contributed by atoms with Gasteiger partial charge in [-0.25, -0.2) is 8.42 Å². The second-order valence-corrected chi connectivity index (χ2v) is 8.92. The number of benzene rings is 3. The van der Waals surface area contributed by atoms with Gasteiger partial charge in [-0.15, -0.1) is 16.8 Å². The molecule has 2 N–H and O–H groups in total. The summed E-state index contributed by atoms with van der Waals surface area (Å²) in [7, 11) is -3.81. The molecule has 0 unspecified atom stereocenters. The molecule has 0 bridgehead atoms. The third-order valence-electron chi connectivity index (χ3n) is 4.93. The Balaban J connectivity index is 1.59. The first-order valence-corrected chi connectivity index (χ1v) is 11.4. The number of sulfonamides is 1. The lowest BCUT2D eigenvalue weighted by Gasteiger charge is -2.23. The maximum absolute atomic E-state index is 13.1. The van der Waals surface area contributed by atoms with E-state index in [-0.39, 0.29) is 28.6 Å². The van der Waals surface area contributed by atoms with Crippen molar-refractivity contribution in [2.45, 2.75) is 4.90 Å². The molecule has 0 aliphatic rings. The van der Waals surface area contributed by atoms with Crippen LogP contribution in [0.4, 0.5) is 11.4 Å². The summed E-state index contributed by atoms with van der Waals surface area (Å²) in [6.07, 6.45) is 1.49. The molecular weight excluding hydrogens is 440 g/mol. The Kier molecular flexibility index (Phi) is 6.05. The lowest BCUT2D eigenvalue weighted by molar-refractivity contribution is 0.0995. The van der Waals surface area contributed by atoms with E-state index in [1.165, 1.54) is 46.8 Å². The second kappa shape index (κ2) is 9.09. The monoisotopic (exact) mass is 460 g/mol. The van der Waals surface area contributed by atoms with Crippen molar-refractivity contribution in [2.24, 2.45) is 10.2 Å². The van der Waals surface area contributed by atoms with E-state index in [9.17, 15) is 18.3 Å². The van der Waals surface area contributed by atoms with E-state index < -0.39 is 15.9 Å². The largest absolute Gasteiger partial charge is 0.493 e. The number of azo groups is 1. The van der Waals surface area contributed by atoms with Gasteiger partial charge >= 0.3 is 0 Å². The van der Waals surface area contributed by atoms with Crippen LogP contribution >= 0.6 is 0 Å². The minimum atomic E-state index is -3.81. The summed E-state index contributed by atoms with van der Waals surface area (Å²) < 4.78 is 27.3. The summed E-state index contributed by atoms with van der Waals surface area (Å²) in [5.74, 6) is -0.818. The Morgan fingerprint density at radius 3 is 2.36 bits per heavy atom. The summed E-state index contributed by atoms with van der Waals surface area (Å²) in [5, 5.41) is 18.3. The average molecular weight is 461 g/mol. The van der Waals surface area contributed by atoms with Crippen LogP contribution < -0.4 is 4.31 Å². The van der Waals surface area contributed by atoms with Crippen molar-refractivity contribution in [2.75, 3.05) is 10.8 Å². The van der Waals surface area contributed by atoms with Crippen molar-refractivity contribution in [1.29, 1.82) is 0 Å². The molecule has 0 aliphatic carbocycles. The van der Waals surface area contributed by atoms with Gasteiger partial charge in [-0.1, -0.05) is 42.5 Å². The van der Waals surface area contributed by atoms with Crippen LogP contribution in [0.25, 0.3) is 10.9 Å². The summed E-state index contributed by atoms with van der Waals surface area (Å²) >= 11 is 0. The molecular formula is C24H20N4O4S. The van der Waals surface area contributed by atoms with Crippen LogP contribution in [0.2, 0.25) is 0 Å².